The van der Waals surface area contributed by atoms with Crippen LogP contribution >= 0.6 is 0 Å². The molecule has 23 heavy (non-hydrogen) atoms. The van der Waals surface area contributed by atoms with E-state index in [9.17, 15) is 4.79 Å². The van der Waals surface area contributed by atoms with Gasteiger partial charge in [0.15, 0.2) is 5.78 Å². The number of carbonyl (C=O) groups is 1. The van der Waals surface area contributed by atoms with Crippen LogP contribution in [0.1, 0.15) is 22.8 Å². The van der Waals surface area contributed by atoms with Gasteiger partial charge in [-0.3, -0.25) is 4.79 Å². The van der Waals surface area contributed by atoms with Crippen LogP contribution in [0.2, 0.25) is 0 Å². The second-order valence-corrected chi connectivity index (χ2v) is 4.73. The van der Waals surface area contributed by atoms with Crippen molar-refractivity contribution < 1.29 is 19.0 Å². The molecule has 0 atom stereocenters. The van der Waals surface area contributed by atoms with Gasteiger partial charge in [0, 0.05) is 11.6 Å². The number of hydrogen-bond acceptors (Lipinski definition) is 4. The minimum absolute atomic E-state index is 0.119. The fraction of sp³-hybridized carbons (Fsp3) is 0.211. The molecule has 0 radical (unpaired) electrons. The molecule has 4 nitrogen and oxygen atoms in total. The van der Waals surface area contributed by atoms with Gasteiger partial charge in [0.05, 0.1) is 26.4 Å². The summed E-state index contributed by atoms with van der Waals surface area (Å²) in [5, 5.41) is 0. The first-order valence-electron chi connectivity index (χ1n) is 7.35. The van der Waals surface area contributed by atoms with Crippen LogP contribution in [0.15, 0.2) is 48.5 Å². The average molecular weight is 312 g/mol. The summed E-state index contributed by atoms with van der Waals surface area (Å²) in [6, 6.07) is 12.6. The molecule has 0 saturated heterocycles. The van der Waals surface area contributed by atoms with E-state index in [-0.39, 0.29) is 5.78 Å². The molecular formula is C19H20O4. The molecule has 0 spiro atoms. The Bertz CT molecular complexity index is 704. The van der Waals surface area contributed by atoms with Crippen LogP contribution < -0.4 is 14.2 Å². The maximum Gasteiger partial charge on any atom is 0.189 e. The minimum Gasteiger partial charge on any atom is -0.497 e. The molecule has 0 fully saturated rings. The van der Waals surface area contributed by atoms with Gasteiger partial charge in [0.1, 0.15) is 17.2 Å². The van der Waals surface area contributed by atoms with E-state index in [0.29, 0.717) is 29.4 Å². The normalized spacial score (nSPS) is 10.6. The number of allylic oxidation sites excluding steroid dienone is 1. The Morgan fingerprint density at radius 1 is 1.04 bits per heavy atom. The maximum absolute atomic E-state index is 12.4. The summed E-state index contributed by atoms with van der Waals surface area (Å²) >= 11 is 0. The third-order valence-corrected chi connectivity index (χ3v) is 3.31. The van der Waals surface area contributed by atoms with Crippen molar-refractivity contribution >= 4 is 11.9 Å². The predicted molar refractivity (Wildman–Crippen MR) is 90.5 cm³/mol. The molecule has 0 heterocycles. The zero-order valence-electron chi connectivity index (χ0n) is 13.5. The molecule has 0 amide bonds. The van der Waals surface area contributed by atoms with E-state index in [1.807, 2.05) is 31.2 Å². The van der Waals surface area contributed by atoms with E-state index < -0.39 is 0 Å². The molecule has 2 rings (SSSR count). The molecule has 0 bridgehead atoms. The highest BCUT2D eigenvalue weighted by Crippen LogP contribution is 2.26. The second kappa shape index (κ2) is 8.03. The van der Waals surface area contributed by atoms with Crippen LogP contribution in [0, 0.1) is 0 Å². The maximum atomic E-state index is 12.4. The van der Waals surface area contributed by atoms with Crippen molar-refractivity contribution in [2.45, 2.75) is 6.92 Å². The lowest BCUT2D eigenvalue weighted by molar-refractivity contribution is 0.104. The number of ketones is 1. The number of rotatable bonds is 7. The largest absolute Gasteiger partial charge is 0.497 e. The van der Waals surface area contributed by atoms with Gasteiger partial charge in [0.25, 0.3) is 0 Å². The van der Waals surface area contributed by atoms with Crippen LogP contribution in [-0.4, -0.2) is 26.6 Å². The van der Waals surface area contributed by atoms with Crippen LogP contribution in [0.3, 0.4) is 0 Å². The topological polar surface area (TPSA) is 44.8 Å². The third-order valence-electron chi connectivity index (χ3n) is 3.31. The second-order valence-electron chi connectivity index (χ2n) is 4.73. The van der Waals surface area contributed by atoms with E-state index >= 15 is 0 Å². The summed E-state index contributed by atoms with van der Waals surface area (Å²) in [5.74, 6) is 1.82. The molecular weight excluding hydrogens is 292 g/mol. The summed E-state index contributed by atoms with van der Waals surface area (Å²) in [6.07, 6.45) is 3.24. The number of ether oxygens (including phenoxy) is 3. The lowest BCUT2D eigenvalue weighted by atomic mass is 10.1. The smallest absolute Gasteiger partial charge is 0.189 e. The van der Waals surface area contributed by atoms with Gasteiger partial charge in [-0.05, 0) is 43.3 Å². The minimum atomic E-state index is -0.119. The van der Waals surface area contributed by atoms with Crippen molar-refractivity contribution in [2.75, 3.05) is 20.8 Å². The van der Waals surface area contributed by atoms with E-state index in [0.717, 1.165) is 5.56 Å². The number of para-hydroxylation sites is 1. The lowest BCUT2D eigenvalue weighted by Crippen LogP contribution is -2.01. The number of benzene rings is 2. The van der Waals surface area contributed by atoms with Crippen molar-refractivity contribution in [2.24, 2.45) is 0 Å². The van der Waals surface area contributed by atoms with Crippen molar-refractivity contribution in [1.29, 1.82) is 0 Å². The summed E-state index contributed by atoms with van der Waals surface area (Å²) < 4.78 is 16.0. The molecule has 2 aromatic carbocycles. The van der Waals surface area contributed by atoms with E-state index in [1.165, 1.54) is 6.08 Å². The van der Waals surface area contributed by atoms with Crippen molar-refractivity contribution in [3.05, 3.63) is 59.7 Å². The highest BCUT2D eigenvalue weighted by molar-refractivity contribution is 6.08. The summed E-state index contributed by atoms with van der Waals surface area (Å²) in [5.41, 5.74) is 1.34. The van der Waals surface area contributed by atoms with Crippen LogP contribution in [0.25, 0.3) is 6.08 Å². The molecule has 0 aliphatic rings. The molecule has 0 aliphatic carbocycles. The first kappa shape index (κ1) is 16.6. The van der Waals surface area contributed by atoms with Gasteiger partial charge >= 0.3 is 0 Å². The van der Waals surface area contributed by atoms with Crippen molar-refractivity contribution in [1.82, 2.24) is 0 Å². The molecule has 0 aliphatic heterocycles. The Balaban J connectivity index is 2.25. The number of carbonyl (C=O) groups excluding carboxylic acids is 1. The van der Waals surface area contributed by atoms with Crippen LogP contribution in [0.5, 0.6) is 17.2 Å². The molecule has 2 aromatic rings. The fourth-order valence-electron chi connectivity index (χ4n) is 2.16. The summed E-state index contributed by atoms with van der Waals surface area (Å²) in [7, 11) is 3.18. The Hall–Kier alpha value is -2.75. The molecule has 0 aromatic heterocycles. The first-order valence-corrected chi connectivity index (χ1v) is 7.35. The number of hydrogen-bond donors (Lipinski definition) is 0. The number of methoxy groups -OCH3 is 2. The Morgan fingerprint density at radius 2 is 1.83 bits per heavy atom. The van der Waals surface area contributed by atoms with Crippen molar-refractivity contribution in [3.63, 3.8) is 0 Å². The monoisotopic (exact) mass is 312 g/mol. The zero-order chi connectivity index (χ0) is 16.7. The van der Waals surface area contributed by atoms with Gasteiger partial charge in [0.2, 0.25) is 0 Å². The average Bonchev–Trinajstić information content (AvgIpc) is 2.60. The summed E-state index contributed by atoms with van der Waals surface area (Å²) in [4.78, 5) is 12.4. The van der Waals surface area contributed by atoms with E-state index in [1.54, 1.807) is 38.5 Å². The Morgan fingerprint density at radius 3 is 2.52 bits per heavy atom. The summed E-state index contributed by atoms with van der Waals surface area (Å²) in [6.45, 7) is 2.40. The van der Waals surface area contributed by atoms with Gasteiger partial charge in [-0.25, -0.2) is 0 Å². The van der Waals surface area contributed by atoms with Gasteiger partial charge in [-0.2, -0.15) is 0 Å². The Kier molecular flexibility index (Phi) is 5.80. The Labute approximate surface area is 136 Å². The highest BCUT2D eigenvalue weighted by atomic mass is 16.5. The van der Waals surface area contributed by atoms with E-state index in [4.69, 9.17) is 14.2 Å². The SMILES string of the molecule is CCOc1ccccc1C(=O)/C=C/c1ccc(OC)cc1OC. The van der Waals surface area contributed by atoms with Crippen molar-refractivity contribution in [3.8, 4) is 17.2 Å². The molecule has 0 unspecified atom stereocenters. The fourth-order valence-corrected chi connectivity index (χ4v) is 2.16. The third kappa shape index (κ3) is 4.13. The lowest BCUT2D eigenvalue weighted by Gasteiger charge is -2.08. The predicted octanol–water partition coefficient (Wildman–Crippen LogP) is 4.00. The van der Waals surface area contributed by atoms with Gasteiger partial charge in [-0.15, -0.1) is 0 Å². The zero-order valence-corrected chi connectivity index (χ0v) is 13.5. The molecule has 4 heteroatoms. The highest BCUT2D eigenvalue weighted by Gasteiger charge is 2.09. The van der Waals surface area contributed by atoms with E-state index in [2.05, 4.69) is 0 Å². The van der Waals surface area contributed by atoms with Gasteiger partial charge < -0.3 is 14.2 Å². The quantitative estimate of drug-likeness (QED) is 0.572. The first-order chi connectivity index (χ1) is 11.2. The molecule has 0 N–H and O–H groups in total. The standard InChI is InChI=1S/C19H20O4/c1-4-23-18-8-6-5-7-16(18)17(20)12-10-14-9-11-15(21-2)13-19(14)22-3/h5-13H,4H2,1-3H3/b12-10+. The van der Waals surface area contributed by atoms with Gasteiger partial charge in [-0.1, -0.05) is 12.1 Å². The molecule has 120 valence electrons. The van der Waals surface area contributed by atoms with Crippen LogP contribution in [-0.2, 0) is 0 Å². The molecule has 0 saturated carbocycles. The van der Waals surface area contributed by atoms with Crippen LogP contribution in [0.4, 0.5) is 0 Å².